The van der Waals surface area contributed by atoms with Crippen molar-refractivity contribution >= 4 is 16.9 Å². The summed E-state index contributed by atoms with van der Waals surface area (Å²) in [6.07, 6.45) is 0.294. The van der Waals surface area contributed by atoms with Crippen molar-refractivity contribution in [3.63, 3.8) is 0 Å². The van der Waals surface area contributed by atoms with E-state index in [-0.39, 0.29) is 0 Å². The van der Waals surface area contributed by atoms with Gasteiger partial charge in [0.1, 0.15) is 6.04 Å². The number of aromatic amines is 1. The van der Waals surface area contributed by atoms with E-state index < -0.39 is 12.0 Å². The molecule has 3 aromatic rings. The fraction of sp³-hybridized carbons (Fsp3) is 0.167. The molecule has 0 bridgehead atoms. The maximum atomic E-state index is 11.1. The summed E-state index contributed by atoms with van der Waals surface area (Å²) in [5.74, 6) is -0.986. The van der Waals surface area contributed by atoms with Crippen LogP contribution in [-0.2, 0) is 11.2 Å². The molecule has 0 fully saturated rings. The summed E-state index contributed by atoms with van der Waals surface area (Å²) in [6.45, 7) is 2.04. The first kappa shape index (κ1) is 14.4. The second-order valence-corrected chi connectivity index (χ2v) is 5.54. The average Bonchev–Trinajstić information content (AvgIpc) is 2.87. The second-order valence-electron chi connectivity index (χ2n) is 5.54. The van der Waals surface area contributed by atoms with Gasteiger partial charge in [0.15, 0.2) is 0 Å². The number of aliphatic carboxylic acids is 1. The summed E-state index contributed by atoms with van der Waals surface area (Å²) < 4.78 is 0. The highest BCUT2D eigenvalue weighted by molar-refractivity contribution is 5.91. The first-order chi connectivity index (χ1) is 10.6. The SMILES string of the molecule is Cc1ccc(-c2[nH]c3ccccc3c2C[C@H](N)C(=O)O)cc1. The van der Waals surface area contributed by atoms with Crippen LogP contribution in [0.25, 0.3) is 22.2 Å². The highest BCUT2D eigenvalue weighted by Crippen LogP contribution is 2.31. The summed E-state index contributed by atoms with van der Waals surface area (Å²) >= 11 is 0. The van der Waals surface area contributed by atoms with E-state index in [1.54, 1.807) is 0 Å². The molecule has 0 aliphatic carbocycles. The van der Waals surface area contributed by atoms with Crippen LogP contribution in [0.3, 0.4) is 0 Å². The van der Waals surface area contributed by atoms with E-state index in [0.29, 0.717) is 6.42 Å². The Kier molecular flexibility index (Phi) is 3.69. The van der Waals surface area contributed by atoms with Crippen molar-refractivity contribution < 1.29 is 9.90 Å². The van der Waals surface area contributed by atoms with Crippen molar-refractivity contribution in [2.24, 2.45) is 5.73 Å². The van der Waals surface area contributed by atoms with Crippen LogP contribution >= 0.6 is 0 Å². The summed E-state index contributed by atoms with van der Waals surface area (Å²) in [6, 6.07) is 15.1. The van der Waals surface area contributed by atoms with Crippen LogP contribution in [0.15, 0.2) is 48.5 Å². The number of rotatable bonds is 4. The predicted molar refractivity (Wildman–Crippen MR) is 87.8 cm³/mol. The molecule has 0 aliphatic heterocycles. The van der Waals surface area contributed by atoms with Crippen molar-refractivity contribution in [3.8, 4) is 11.3 Å². The van der Waals surface area contributed by atoms with Crippen LogP contribution in [0.2, 0.25) is 0 Å². The Morgan fingerprint density at radius 3 is 2.55 bits per heavy atom. The lowest BCUT2D eigenvalue weighted by Gasteiger charge is -2.09. The van der Waals surface area contributed by atoms with E-state index in [1.165, 1.54) is 5.56 Å². The highest BCUT2D eigenvalue weighted by atomic mass is 16.4. The maximum absolute atomic E-state index is 11.1. The molecule has 2 aromatic carbocycles. The molecule has 0 saturated heterocycles. The first-order valence-electron chi connectivity index (χ1n) is 7.21. The molecule has 3 rings (SSSR count). The molecule has 1 atom stereocenters. The van der Waals surface area contributed by atoms with E-state index in [0.717, 1.165) is 27.7 Å². The molecule has 0 spiro atoms. The van der Waals surface area contributed by atoms with Gasteiger partial charge in [-0.3, -0.25) is 4.79 Å². The number of nitrogens with one attached hydrogen (secondary N) is 1. The van der Waals surface area contributed by atoms with Crippen molar-refractivity contribution in [1.82, 2.24) is 4.98 Å². The van der Waals surface area contributed by atoms with E-state index in [4.69, 9.17) is 10.8 Å². The summed E-state index contributed by atoms with van der Waals surface area (Å²) in [4.78, 5) is 14.5. The summed E-state index contributed by atoms with van der Waals surface area (Å²) in [7, 11) is 0. The minimum absolute atomic E-state index is 0.294. The third-order valence-electron chi connectivity index (χ3n) is 3.90. The predicted octanol–water partition coefficient (Wildman–Crippen LogP) is 3.10. The Balaban J connectivity index is 2.16. The van der Waals surface area contributed by atoms with Crippen LogP contribution in [0.4, 0.5) is 0 Å². The standard InChI is InChI=1S/C18H18N2O2/c1-11-6-8-12(9-7-11)17-14(10-15(19)18(21)22)13-4-2-3-5-16(13)20-17/h2-9,15,20H,10,19H2,1H3,(H,21,22)/t15-/m0/s1. The topological polar surface area (TPSA) is 79.1 Å². The van der Waals surface area contributed by atoms with E-state index >= 15 is 0 Å². The van der Waals surface area contributed by atoms with Crippen LogP contribution in [0, 0.1) is 6.92 Å². The van der Waals surface area contributed by atoms with Crippen LogP contribution in [0.1, 0.15) is 11.1 Å². The zero-order valence-electron chi connectivity index (χ0n) is 12.3. The average molecular weight is 294 g/mol. The summed E-state index contributed by atoms with van der Waals surface area (Å²) in [5, 5.41) is 10.1. The Morgan fingerprint density at radius 1 is 1.18 bits per heavy atom. The lowest BCUT2D eigenvalue weighted by atomic mass is 9.99. The lowest BCUT2D eigenvalue weighted by Crippen LogP contribution is -2.32. The van der Waals surface area contributed by atoms with Gasteiger partial charge in [-0.1, -0.05) is 48.0 Å². The molecule has 0 aliphatic rings. The third kappa shape index (κ3) is 2.61. The number of hydrogen-bond donors (Lipinski definition) is 3. The molecule has 0 amide bonds. The van der Waals surface area contributed by atoms with E-state index in [2.05, 4.69) is 4.98 Å². The molecule has 1 aromatic heterocycles. The number of aryl methyl sites for hydroxylation is 1. The van der Waals surface area contributed by atoms with Gasteiger partial charge in [-0.05, 0) is 24.1 Å². The number of carboxylic acid groups (broad SMARTS) is 1. The molecule has 112 valence electrons. The van der Waals surface area contributed by atoms with Gasteiger partial charge in [-0.25, -0.2) is 0 Å². The zero-order chi connectivity index (χ0) is 15.7. The Bertz CT molecular complexity index is 819. The third-order valence-corrected chi connectivity index (χ3v) is 3.90. The summed E-state index contributed by atoms with van der Waals surface area (Å²) in [5.41, 5.74) is 10.9. The second kappa shape index (κ2) is 5.66. The van der Waals surface area contributed by atoms with Gasteiger partial charge < -0.3 is 15.8 Å². The van der Waals surface area contributed by atoms with Crippen LogP contribution < -0.4 is 5.73 Å². The molecule has 4 heteroatoms. The van der Waals surface area contributed by atoms with Gasteiger partial charge in [-0.2, -0.15) is 0 Å². The minimum Gasteiger partial charge on any atom is -0.480 e. The van der Waals surface area contributed by atoms with Gasteiger partial charge in [0.25, 0.3) is 0 Å². The fourth-order valence-corrected chi connectivity index (χ4v) is 2.69. The molecule has 0 unspecified atom stereocenters. The van der Waals surface area contributed by atoms with Gasteiger partial charge >= 0.3 is 5.97 Å². The van der Waals surface area contributed by atoms with Gasteiger partial charge in [0.05, 0.1) is 0 Å². The smallest absolute Gasteiger partial charge is 0.320 e. The Labute approximate surface area is 128 Å². The Hall–Kier alpha value is -2.59. The number of hydrogen-bond acceptors (Lipinski definition) is 2. The fourth-order valence-electron chi connectivity index (χ4n) is 2.69. The lowest BCUT2D eigenvalue weighted by molar-refractivity contribution is -0.138. The largest absolute Gasteiger partial charge is 0.480 e. The molecular formula is C18H18N2O2. The molecule has 22 heavy (non-hydrogen) atoms. The van der Waals surface area contributed by atoms with Gasteiger partial charge in [0.2, 0.25) is 0 Å². The minimum atomic E-state index is -0.986. The number of aromatic nitrogens is 1. The maximum Gasteiger partial charge on any atom is 0.320 e. The van der Waals surface area contributed by atoms with Crippen molar-refractivity contribution in [2.45, 2.75) is 19.4 Å². The molecular weight excluding hydrogens is 276 g/mol. The first-order valence-corrected chi connectivity index (χ1v) is 7.21. The molecule has 0 radical (unpaired) electrons. The highest BCUT2D eigenvalue weighted by Gasteiger charge is 2.19. The van der Waals surface area contributed by atoms with Crippen LogP contribution in [-0.4, -0.2) is 22.1 Å². The monoisotopic (exact) mass is 294 g/mol. The van der Waals surface area contributed by atoms with Gasteiger partial charge in [-0.15, -0.1) is 0 Å². The van der Waals surface area contributed by atoms with Crippen molar-refractivity contribution in [2.75, 3.05) is 0 Å². The number of para-hydroxylation sites is 1. The zero-order valence-corrected chi connectivity index (χ0v) is 12.3. The van der Waals surface area contributed by atoms with E-state index in [1.807, 2.05) is 55.5 Å². The Morgan fingerprint density at radius 2 is 1.86 bits per heavy atom. The number of carboxylic acids is 1. The number of H-pyrrole nitrogens is 1. The number of nitrogens with two attached hydrogens (primary N) is 1. The van der Waals surface area contributed by atoms with Crippen molar-refractivity contribution in [3.05, 3.63) is 59.7 Å². The number of carbonyl (C=O) groups is 1. The molecule has 0 saturated carbocycles. The number of fused-ring (bicyclic) bond motifs is 1. The van der Waals surface area contributed by atoms with Gasteiger partial charge in [0, 0.05) is 23.0 Å². The normalized spacial score (nSPS) is 12.5. The quantitative estimate of drug-likeness (QED) is 0.691. The number of benzene rings is 2. The molecule has 4 nitrogen and oxygen atoms in total. The van der Waals surface area contributed by atoms with E-state index in [9.17, 15) is 4.79 Å². The van der Waals surface area contributed by atoms with Crippen molar-refractivity contribution in [1.29, 1.82) is 0 Å². The van der Waals surface area contributed by atoms with Crippen LogP contribution in [0.5, 0.6) is 0 Å². The molecule has 4 N–H and O–H groups in total. The molecule has 1 heterocycles.